The van der Waals surface area contributed by atoms with Crippen LogP contribution in [0.2, 0.25) is 0 Å². The van der Waals surface area contributed by atoms with Gasteiger partial charge >= 0.3 is 6.18 Å². The molecule has 0 radical (unpaired) electrons. The summed E-state index contributed by atoms with van der Waals surface area (Å²) in [6, 6.07) is 9.01. The first kappa shape index (κ1) is 20.1. The Morgan fingerprint density at radius 1 is 1.03 bits per heavy atom. The van der Waals surface area contributed by atoms with Crippen LogP contribution >= 0.6 is 0 Å². The van der Waals surface area contributed by atoms with Crippen molar-refractivity contribution in [2.24, 2.45) is 0 Å². The minimum absolute atomic E-state index is 0.0427. The predicted octanol–water partition coefficient (Wildman–Crippen LogP) is 4.78. The quantitative estimate of drug-likeness (QED) is 0.655. The topological polar surface area (TPSA) is 64.0 Å². The first-order chi connectivity index (χ1) is 14.3. The van der Waals surface area contributed by atoms with Gasteiger partial charge in [0.25, 0.3) is 11.5 Å². The number of hydrogen-bond acceptors (Lipinski definition) is 3. The minimum Gasteiger partial charge on any atom is -0.322 e. The fourth-order valence-corrected chi connectivity index (χ4v) is 3.71. The summed E-state index contributed by atoms with van der Waals surface area (Å²) in [7, 11) is 0. The summed E-state index contributed by atoms with van der Waals surface area (Å²) in [6.07, 6.45) is 0.259. The third-order valence-corrected chi connectivity index (χ3v) is 5.28. The van der Waals surface area contributed by atoms with E-state index in [4.69, 9.17) is 0 Å². The maximum Gasteiger partial charge on any atom is 0.416 e. The molecule has 0 spiro atoms. The molecular formula is C22H20F3N3O2. The molecule has 1 N–H and O–H groups in total. The summed E-state index contributed by atoms with van der Waals surface area (Å²) < 4.78 is 40.4. The Morgan fingerprint density at radius 3 is 2.63 bits per heavy atom. The molecule has 0 atom stereocenters. The zero-order chi connectivity index (χ0) is 21.3. The standard InChI is InChI=1S/C22H20F3N3O2/c23-22(24,25)15-6-5-7-16(13-15)26-20(29)14-9-10-17-18(12-14)27-19-8-3-1-2-4-11-28(19)21(17)30/h5-7,9-10,12-13H,1-4,8,11H2,(H,26,29). The number of hydrogen-bond donors (Lipinski definition) is 1. The van der Waals surface area contributed by atoms with Crippen LogP contribution in [0.25, 0.3) is 10.9 Å². The summed E-state index contributed by atoms with van der Waals surface area (Å²) in [5.41, 5.74) is -0.277. The number of carbonyl (C=O) groups is 1. The van der Waals surface area contributed by atoms with Gasteiger partial charge in [0.1, 0.15) is 5.82 Å². The van der Waals surface area contributed by atoms with Crippen LogP contribution in [0.5, 0.6) is 0 Å². The van der Waals surface area contributed by atoms with Crippen molar-refractivity contribution in [1.82, 2.24) is 9.55 Å². The zero-order valence-corrected chi connectivity index (χ0v) is 16.1. The van der Waals surface area contributed by atoms with Crippen LogP contribution in [0.1, 0.15) is 47.4 Å². The molecule has 156 valence electrons. The van der Waals surface area contributed by atoms with Gasteiger partial charge < -0.3 is 5.32 Å². The number of nitrogens with zero attached hydrogens (tertiary/aromatic N) is 2. The molecule has 8 heteroatoms. The van der Waals surface area contributed by atoms with Crippen LogP contribution in [-0.2, 0) is 19.1 Å². The Labute approximate surface area is 170 Å². The predicted molar refractivity (Wildman–Crippen MR) is 108 cm³/mol. The Morgan fingerprint density at radius 2 is 1.83 bits per heavy atom. The first-order valence-corrected chi connectivity index (χ1v) is 9.85. The summed E-state index contributed by atoms with van der Waals surface area (Å²) in [4.78, 5) is 30.1. The van der Waals surface area contributed by atoms with Gasteiger partial charge in [0.05, 0.1) is 16.5 Å². The average molecular weight is 415 g/mol. The summed E-state index contributed by atoms with van der Waals surface area (Å²) in [5.74, 6) is 0.146. The number of anilines is 1. The van der Waals surface area contributed by atoms with Gasteiger partial charge in [0, 0.05) is 24.2 Å². The molecule has 2 aromatic carbocycles. The van der Waals surface area contributed by atoms with Crippen molar-refractivity contribution < 1.29 is 18.0 Å². The summed E-state index contributed by atoms with van der Waals surface area (Å²) in [6.45, 7) is 0.634. The normalized spacial score (nSPS) is 14.6. The van der Waals surface area contributed by atoms with E-state index in [1.54, 1.807) is 10.6 Å². The van der Waals surface area contributed by atoms with Gasteiger partial charge in [-0.2, -0.15) is 13.2 Å². The zero-order valence-electron chi connectivity index (χ0n) is 16.1. The number of amides is 1. The van der Waals surface area contributed by atoms with Crippen molar-refractivity contribution in [3.8, 4) is 0 Å². The Kier molecular flexibility index (Phi) is 5.32. The first-order valence-electron chi connectivity index (χ1n) is 9.85. The maximum atomic E-state index is 12.9. The van der Waals surface area contributed by atoms with Crippen molar-refractivity contribution in [2.45, 2.75) is 44.8 Å². The van der Waals surface area contributed by atoms with Gasteiger partial charge in [-0.3, -0.25) is 14.2 Å². The van der Waals surface area contributed by atoms with E-state index in [1.807, 2.05) is 0 Å². The highest BCUT2D eigenvalue weighted by atomic mass is 19.4. The highest BCUT2D eigenvalue weighted by molar-refractivity contribution is 6.06. The molecule has 0 unspecified atom stereocenters. The molecule has 30 heavy (non-hydrogen) atoms. The van der Waals surface area contributed by atoms with Gasteiger partial charge in [-0.25, -0.2) is 4.98 Å². The van der Waals surface area contributed by atoms with Crippen LogP contribution in [0.15, 0.2) is 47.3 Å². The van der Waals surface area contributed by atoms with Crippen LogP contribution in [0.4, 0.5) is 18.9 Å². The van der Waals surface area contributed by atoms with E-state index in [0.29, 0.717) is 29.7 Å². The third kappa shape index (κ3) is 4.08. The number of aryl methyl sites for hydroxylation is 1. The lowest BCUT2D eigenvalue weighted by Crippen LogP contribution is -2.26. The summed E-state index contributed by atoms with van der Waals surface area (Å²) >= 11 is 0. The molecule has 1 aliphatic rings. The lowest BCUT2D eigenvalue weighted by atomic mass is 10.1. The average Bonchev–Trinajstić information content (AvgIpc) is 2.68. The molecule has 0 saturated heterocycles. The Hall–Kier alpha value is -3.16. The van der Waals surface area contributed by atoms with E-state index >= 15 is 0 Å². The second kappa shape index (κ2) is 7.93. The van der Waals surface area contributed by atoms with E-state index in [0.717, 1.165) is 37.8 Å². The van der Waals surface area contributed by atoms with E-state index < -0.39 is 17.6 Å². The molecule has 4 rings (SSSR count). The smallest absolute Gasteiger partial charge is 0.322 e. The SMILES string of the molecule is O=C(Nc1cccc(C(F)(F)F)c1)c1ccc2c(=O)n3c(nc2c1)CCCCCC3. The summed E-state index contributed by atoms with van der Waals surface area (Å²) in [5, 5.41) is 2.91. The third-order valence-electron chi connectivity index (χ3n) is 5.28. The van der Waals surface area contributed by atoms with Crippen LogP contribution in [-0.4, -0.2) is 15.5 Å². The highest BCUT2D eigenvalue weighted by Crippen LogP contribution is 2.30. The molecule has 5 nitrogen and oxygen atoms in total. The lowest BCUT2D eigenvalue weighted by Gasteiger charge is -2.16. The molecule has 2 heterocycles. The molecule has 1 aliphatic heterocycles. The molecule has 1 aromatic heterocycles. The monoisotopic (exact) mass is 415 g/mol. The van der Waals surface area contributed by atoms with Crippen molar-refractivity contribution in [3.05, 3.63) is 69.8 Å². The molecule has 0 bridgehead atoms. The molecule has 0 saturated carbocycles. The maximum absolute atomic E-state index is 12.9. The van der Waals surface area contributed by atoms with Crippen molar-refractivity contribution in [1.29, 1.82) is 0 Å². The second-order valence-corrected chi connectivity index (χ2v) is 7.41. The largest absolute Gasteiger partial charge is 0.416 e. The highest BCUT2D eigenvalue weighted by Gasteiger charge is 2.30. The van der Waals surface area contributed by atoms with Crippen molar-refractivity contribution in [3.63, 3.8) is 0 Å². The molecule has 0 aliphatic carbocycles. The fourth-order valence-electron chi connectivity index (χ4n) is 3.71. The number of carbonyl (C=O) groups excluding carboxylic acids is 1. The number of rotatable bonds is 2. The fraction of sp³-hybridized carbons (Fsp3) is 0.318. The van der Waals surface area contributed by atoms with E-state index in [-0.39, 0.29) is 16.8 Å². The number of benzene rings is 2. The number of nitrogens with one attached hydrogen (secondary N) is 1. The number of aromatic nitrogens is 2. The van der Waals surface area contributed by atoms with Crippen LogP contribution in [0.3, 0.4) is 0 Å². The van der Waals surface area contributed by atoms with Crippen LogP contribution in [0, 0.1) is 0 Å². The molecule has 0 fully saturated rings. The van der Waals surface area contributed by atoms with Crippen LogP contribution < -0.4 is 10.9 Å². The second-order valence-electron chi connectivity index (χ2n) is 7.41. The van der Waals surface area contributed by atoms with E-state index in [2.05, 4.69) is 10.3 Å². The van der Waals surface area contributed by atoms with E-state index in [1.165, 1.54) is 24.3 Å². The Balaban J connectivity index is 1.65. The molecule has 1 amide bonds. The van der Waals surface area contributed by atoms with Crippen molar-refractivity contribution in [2.75, 3.05) is 5.32 Å². The van der Waals surface area contributed by atoms with Crippen molar-refractivity contribution >= 4 is 22.5 Å². The lowest BCUT2D eigenvalue weighted by molar-refractivity contribution is -0.137. The van der Waals surface area contributed by atoms with Gasteiger partial charge in [-0.15, -0.1) is 0 Å². The van der Waals surface area contributed by atoms with Gasteiger partial charge in [-0.1, -0.05) is 18.9 Å². The van der Waals surface area contributed by atoms with Gasteiger partial charge in [-0.05, 0) is 49.2 Å². The number of alkyl halides is 3. The van der Waals surface area contributed by atoms with Gasteiger partial charge in [0.2, 0.25) is 0 Å². The van der Waals surface area contributed by atoms with E-state index in [9.17, 15) is 22.8 Å². The molecule has 3 aromatic rings. The van der Waals surface area contributed by atoms with Gasteiger partial charge in [0.15, 0.2) is 0 Å². The minimum atomic E-state index is -4.49. The Bertz CT molecular complexity index is 1170. The number of halogens is 3. The number of fused-ring (bicyclic) bond motifs is 2. The molecular weight excluding hydrogens is 395 g/mol.